The summed E-state index contributed by atoms with van der Waals surface area (Å²) in [7, 11) is 0. The molecular formula is C53H35IN2. The van der Waals surface area contributed by atoms with Crippen molar-refractivity contribution in [2.75, 3.05) is 5.32 Å². The molecule has 0 radical (unpaired) electrons. The van der Waals surface area contributed by atoms with E-state index in [1.807, 2.05) is 30.3 Å². The minimum absolute atomic E-state index is 0.894. The van der Waals surface area contributed by atoms with Gasteiger partial charge in [-0.05, 0) is 148 Å². The van der Waals surface area contributed by atoms with Crippen LogP contribution in [0.2, 0.25) is 0 Å². The van der Waals surface area contributed by atoms with Crippen LogP contribution in [0.3, 0.4) is 0 Å². The highest BCUT2D eigenvalue weighted by Gasteiger charge is 2.18. The van der Waals surface area contributed by atoms with Gasteiger partial charge in [0, 0.05) is 11.3 Å². The fraction of sp³-hybridized carbons (Fsp3) is 0. The van der Waals surface area contributed by atoms with Crippen molar-refractivity contribution < 1.29 is 0 Å². The molecule has 1 N–H and O–H groups in total. The van der Waals surface area contributed by atoms with Gasteiger partial charge in [0.25, 0.3) is 0 Å². The molecule has 0 saturated heterocycles. The number of rotatable bonds is 7. The van der Waals surface area contributed by atoms with E-state index >= 15 is 0 Å². The average molecular weight is 827 g/mol. The Balaban J connectivity index is 1.15. The summed E-state index contributed by atoms with van der Waals surface area (Å²) in [5, 5.41) is 13.5. The number of fused-ring (bicyclic) bond motifs is 4. The summed E-state index contributed by atoms with van der Waals surface area (Å²) >= 11 is 2.38. The first-order chi connectivity index (χ1) is 27.7. The summed E-state index contributed by atoms with van der Waals surface area (Å²) in [5.74, 6) is 0. The Morgan fingerprint density at radius 2 is 0.911 bits per heavy atom. The lowest BCUT2D eigenvalue weighted by Crippen LogP contribution is -1.94. The molecule has 0 aliphatic heterocycles. The molecule has 264 valence electrons. The van der Waals surface area contributed by atoms with Crippen LogP contribution in [0.1, 0.15) is 5.56 Å². The Kier molecular flexibility index (Phi) is 8.85. The van der Waals surface area contributed by atoms with Crippen molar-refractivity contribution >= 4 is 86.5 Å². The molecular weight excluding hydrogens is 792 g/mol. The number of nitrogens with one attached hydrogen (secondary N) is 1. The van der Waals surface area contributed by atoms with Gasteiger partial charge in [0.05, 0.1) is 11.4 Å². The molecule has 0 amide bonds. The topological polar surface area (TPSA) is 24.4 Å². The number of para-hydroxylation sites is 3. The third-order valence-electron chi connectivity index (χ3n) is 10.7. The van der Waals surface area contributed by atoms with E-state index in [1.165, 1.54) is 65.3 Å². The molecule has 0 spiro atoms. The largest absolute Gasteiger partial charge is 0.354 e. The van der Waals surface area contributed by atoms with Crippen LogP contribution in [0.4, 0.5) is 17.1 Å². The normalized spacial score (nSPS) is 11.8. The molecule has 0 unspecified atom stereocenters. The minimum Gasteiger partial charge on any atom is -0.354 e. The van der Waals surface area contributed by atoms with E-state index in [9.17, 15) is 0 Å². The second-order valence-electron chi connectivity index (χ2n) is 14.2. The maximum absolute atomic E-state index is 5.13. The molecule has 56 heavy (non-hydrogen) atoms. The Bertz CT molecular complexity index is 3130. The summed E-state index contributed by atoms with van der Waals surface area (Å²) in [6, 6.07) is 74.2. The van der Waals surface area contributed by atoms with Crippen molar-refractivity contribution in [1.82, 2.24) is 0 Å². The van der Waals surface area contributed by atoms with Gasteiger partial charge in [0.1, 0.15) is 3.72 Å². The Hall–Kier alpha value is -6.56. The number of nitrogens with zero attached hydrogens (tertiary/aromatic N) is 1. The highest BCUT2D eigenvalue weighted by molar-refractivity contribution is 14.1. The zero-order valence-corrected chi connectivity index (χ0v) is 32.6. The van der Waals surface area contributed by atoms with Gasteiger partial charge in [-0.2, -0.15) is 0 Å². The first kappa shape index (κ1) is 34.0. The summed E-state index contributed by atoms with van der Waals surface area (Å²) in [6.45, 7) is 0. The van der Waals surface area contributed by atoms with E-state index < -0.39 is 0 Å². The summed E-state index contributed by atoms with van der Waals surface area (Å²) in [6.07, 6.45) is 0. The third-order valence-corrected chi connectivity index (χ3v) is 11.6. The number of benzene rings is 10. The Labute approximate surface area is 340 Å². The van der Waals surface area contributed by atoms with Crippen LogP contribution in [0, 0.1) is 0 Å². The maximum Gasteiger partial charge on any atom is 0.109 e. The van der Waals surface area contributed by atoms with Gasteiger partial charge < -0.3 is 5.32 Å². The highest BCUT2D eigenvalue weighted by atomic mass is 127. The lowest BCUT2D eigenvalue weighted by molar-refractivity contribution is 1.48. The van der Waals surface area contributed by atoms with Crippen molar-refractivity contribution in [3.8, 4) is 33.4 Å². The molecule has 10 aromatic rings. The van der Waals surface area contributed by atoms with Crippen LogP contribution in [-0.2, 0) is 0 Å². The molecule has 10 rings (SSSR count). The van der Waals surface area contributed by atoms with Crippen LogP contribution >= 0.6 is 22.6 Å². The van der Waals surface area contributed by atoms with Crippen molar-refractivity contribution in [1.29, 1.82) is 0 Å². The molecule has 0 heterocycles. The smallest absolute Gasteiger partial charge is 0.109 e. The Morgan fingerprint density at radius 3 is 1.61 bits per heavy atom. The quantitative estimate of drug-likeness (QED) is 0.0966. The number of hydrogen-bond acceptors (Lipinski definition) is 2. The van der Waals surface area contributed by atoms with Gasteiger partial charge in [-0.3, -0.25) is 0 Å². The molecule has 10 aromatic carbocycles. The van der Waals surface area contributed by atoms with E-state index in [2.05, 4.69) is 204 Å². The molecule has 3 heteroatoms. The van der Waals surface area contributed by atoms with E-state index in [-0.39, 0.29) is 0 Å². The SMILES string of the molecule is IC(=Nc1ccccc1Nc1ccccc1)c1cccc(-c2ccc3c(-c4ccc5ccccc5c4)c4ccccc4c(-c4ccc5ccccc5c4)c3c2)c1. The fourth-order valence-corrected chi connectivity index (χ4v) is 8.62. The van der Waals surface area contributed by atoms with Gasteiger partial charge in [-0.1, -0.05) is 158 Å². The van der Waals surface area contributed by atoms with Crippen LogP contribution in [0.25, 0.3) is 76.5 Å². The zero-order valence-electron chi connectivity index (χ0n) is 30.5. The second kappa shape index (κ2) is 14.6. The van der Waals surface area contributed by atoms with Crippen LogP contribution in [0.15, 0.2) is 211 Å². The molecule has 2 nitrogen and oxygen atoms in total. The monoisotopic (exact) mass is 826 g/mol. The van der Waals surface area contributed by atoms with Gasteiger partial charge >= 0.3 is 0 Å². The number of halogens is 1. The second-order valence-corrected chi connectivity index (χ2v) is 15.2. The lowest BCUT2D eigenvalue weighted by atomic mass is 9.84. The maximum atomic E-state index is 5.13. The van der Waals surface area contributed by atoms with E-state index in [4.69, 9.17) is 4.99 Å². The number of hydrogen-bond donors (Lipinski definition) is 1. The van der Waals surface area contributed by atoms with Gasteiger partial charge in [-0.15, -0.1) is 0 Å². The molecule has 0 aromatic heterocycles. The van der Waals surface area contributed by atoms with Crippen LogP contribution < -0.4 is 5.32 Å². The molecule has 0 aliphatic rings. The summed E-state index contributed by atoms with van der Waals surface area (Å²) in [5.41, 5.74) is 11.2. The van der Waals surface area contributed by atoms with E-state index in [1.54, 1.807) is 0 Å². The summed E-state index contributed by atoms with van der Waals surface area (Å²) in [4.78, 5) is 5.13. The van der Waals surface area contributed by atoms with Crippen molar-refractivity contribution in [3.63, 3.8) is 0 Å². The first-order valence-electron chi connectivity index (χ1n) is 18.9. The fourth-order valence-electron chi connectivity index (χ4n) is 8.02. The number of aliphatic imine (C=N–C) groups is 1. The van der Waals surface area contributed by atoms with Crippen molar-refractivity contribution in [2.45, 2.75) is 0 Å². The van der Waals surface area contributed by atoms with Crippen LogP contribution in [0.5, 0.6) is 0 Å². The van der Waals surface area contributed by atoms with Gasteiger partial charge in [0.15, 0.2) is 0 Å². The van der Waals surface area contributed by atoms with Gasteiger partial charge in [0.2, 0.25) is 0 Å². The molecule has 0 aliphatic carbocycles. The first-order valence-corrected chi connectivity index (χ1v) is 20.0. The predicted molar refractivity (Wildman–Crippen MR) is 249 cm³/mol. The lowest BCUT2D eigenvalue weighted by Gasteiger charge is -2.19. The molecule has 0 saturated carbocycles. The Morgan fingerprint density at radius 1 is 0.375 bits per heavy atom. The standard InChI is InChI=1S/C53H35IN2/c54-53(56-50-24-11-10-23-49(50)55-44-19-2-1-3-20-44)43-18-12-17-39(33-43)40-29-30-47-48(34-40)52(42-28-26-36-14-5-7-16-38(36)32-42)46-22-9-8-21-45(46)51(47)41-27-25-35-13-4-6-15-37(35)31-41/h1-34,55H. The highest BCUT2D eigenvalue weighted by Crippen LogP contribution is 2.46. The minimum atomic E-state index is 0.894. The van der Waals surface area contributed by atoms with Gasteiger partial charge in [-0.25, -0.2) is 4.99 Å². The van der Waals surface area contributed by atoms with E-state index in [0.717, 1.165) is 37.5 Å². The third kappa shape index (κ3) is 6.40. The van der Waals surface area contributed by atoms with Crippen molar-refractivity contribution in [2.24, 2.45) is 4.99 Å². The predicted octanol–water partition coefficient (Wildman–Crippen LogP) is 15.6. The zero-order chi connectivity index (χ0) is 37.4. The van der Waals surface area contributed by atoms with E-state index in [0.29, 0.717) is 0 Å². The number of anilines is 2. The molecule has 0 atom stereocenters. The molecule has 0 bridgehead atoms. The van der Waals surface area contributed by atoms with Crippen LogP contribution in [-0.4, -0.2) is 3.72 Å². The molecule has 0 fully saturated rings. The summed E-state index contributed by atoms with van der Waals surface area (Å²) < 4.78 is 0.925. The van der Waals surface area contributed by atoms with Crippen molar-refractivity contribution in [3.05, 3.63) is 212 Å². The average Bonchev–Trinajstić information content (AvgIpc) is 3.26.